The van der Waals surface area contributed by atoms with Gasteiger partial charge in [0.25, 0.3) is 15.9 Å². The highest BCUT2D eigenvalue weighted by Crippen LogP contribution is 2.22. The number of nitrogens with one attached hydrogen (secondary N) is 1. The van der Waals surface area contributed by atoms with Gasteiger partial charge in [-0.05, 0) is 42.3 Å². The summed E-state index contributed by atoms with van der Waals surface area (Å²) < 4.78 is 27.2. The second kappa shape index (κ2) is 6.71. The summed E-state index contributed by atoms with van der Waals surface area (Å²) in [5.41, 5.74) is 6.07. The standard InChI is InChI=1S/C16H16N2O5S/c1-2-10-6-7-14(13(8-10)15(17)19)18-24(22,23)12-5-3-4-11(9-12)16(20)21/h3-9,18H,2H2,1H3,(H2,17,19)(H,20,21). The maximum Gasteiger partial charge on any atom is 0.335 e. The molecule has 4 N–H and O–H groups in total. The van der Waals surface area contributed by atoms with E-state index in [9.17, 15) is 18.0 Å². The van der Waals surface area contributed by atoms with Crippen LogP contribution in [-0.2, 0) is 16.4 Å². The second-order valence-electron chi connectivity index (χ2n) is 5.04. The van der Waals surface area contributed by atoms with Crippen molar-refractivity contribution in [1.82, 2.24) is 0 Å². The van der Waals surface area contributed by atoms with Crippen LogP contribution in [0.2, 0.25) is 0 Å². The first kappa shape index (κ1) is 17.5. The molecule has 7 nitrogen and oxygen atoms in total. The van der Waals surface area contributed by atoms with Gasteiger partial charge in [-0.15, -0.1) is 0 Å². The fourth-order valence-electron chi connectivity index (χ4n) is 2.10. The van der Waals surface area contributed by atoms with Gasteiger partial charge in [-0.1, -0.05) is 19.1 Å². The predicted octanol–water partition coefficient (Wildman–Crippen LogP) is 1.85. The number of carboxylic acids is 1. The Morgan fingerprint density at radius 2 is 1.88 bits per heavy atom. The van der Waals surface area contributed by atoms with Crippen LogP contribution in [0.4, 0.5) is 5.69 Å². The zero-order valence-corrected chi connectivity index (χ0v) is 13.6. The quantitative estimate of drug-likeness (QED) is 0.734. The Morgan fingerprint density at radius 1 is 1.17 bits per heavy atom. The normalized spacial score (nSPS) is 11.0. The summed E-state index contributed by atoms with van der Waals surface area (Å²) in [7, 11) is -4.07. The molecule has 0 heterocycles. The van der Waals surface area contributed by atoms with Gasteiger partial charge in [0, 0.05) is 0 Å². The number of rotatable bonds is 6. The molecular formula is C16H16N2O5S. The molecule has 0 spiro atoms. The number of carboxylic acid groups (broad SMARTS) is 1. The highest BCUT2D eigenvalue weighted by Gasteiger charge is 2.19. The molecule has 2 rings (SSSR count). The van der Waals surface area contributed by atoms with Gasteiger partial charge >= 0.3 is 5.97 Å². The van der Waals surface area contributed by atoms with E-state index in [1.54, 1.807) is 6.07 Å². The Kier molecular flexibility index (Phi) is 4.89. The van der Waals surface area contributed by atoms with Crippen LogP contribution in [0, 0.1) is 0 Å². The number of carbonyl (C=O) groups is 2. The number of hydrogen-bond donors (Lipinski definition) is 3. The highest BCUT2D eigenvalue weighted by atomic mass is 32.2. The Hall–Kier alpha value is -2.87. The first-order valence-corrected chi connectivity index (χ1v) is 8.52. The maximum atomic E-state index is 12.4. The maximum absolute atomic E-state index is 12.4. The van der Waals surface area contributed by atoms with Crippen LogP contribution in [0.15, 0.2) is 47.4 Å². The number of primary amides is 1. The molecule has 0 aliphatic rings. The lowest BCUT2D eigenvalue weighted by atomic mass is 10.1. The molecule has 1 amide bonds. The minimum absolute atomic E-state index is 0.0421. The zero-order valence-electron chi connectivity index (χ0n) is 12.8. The molecule has 0 saturated carbocycles. The second-order valence-corrected chi connectivity index (χ2v) is 6.72. The molecular weight excluding hydrogens is 332 g/mol. The number of nitrogens with two attached hydrogens (primary N) is 1. The number of aryl methyl sites for hydroxylation is 1. The third kappa shape index (κ3) is 3.72. The van der Waals surface area contributed by atoms with E-state index in [2.05, 4.69) is 4.72 Å². The van der Waals surface area contributed by atoms with Crippen molar-refractivity contribution < 1.29 is 23.1 Å². The third-order valence-corrected chi connectivity index (χ3v) is 4.76. The van der Waals surface area contributed by atoms with E-state index in [1.807, 2.05) is 6.92 Å². The molecule has 0 atom stereocenters. The number of carbonyl (C=O) groups excluding carboxylic acids is 1. The average Bonchev–Trinajstić information content (AvgIpc) is 2.54. The summed E-state index contributed by atoms with van der Waals surface area (Å²) in [6.45, 7) is 1.89. The number of benzene rings is 2. The van der Waals surface area contributed by atoms with Crippen LogP contribution in [0.1, 0.15) is 33.2 Å². The molecule has 2 aromatic carbocycles. The molecule has 0 unspecified atom stereocenters. The van der Waals surface area contributed by atoms with Crippen molar-refractivity contribution in [2.45, 2.75) is 18.2 Å². The topological polar surface area (TPSA) is 127 Å². The fraction of sp³-hybridized carbons (Fsp3) is 0.125. The van der Waals surface area contributed by atoms with Crippen molar-refractivity contribution in [1.29, 1.82) is 0 Å². The van der Waals surface area contributed by atoms with Crippen molar-refractivity contribution in [3.05, 3.63) is 59.2 Å². The molecule has 0 aromatic heterocycles. The number of anilines is 1. The lowest BCUT2D eigenvalue weighted by Gasteiger charge is -2.12. The number of hydrogen-bond acceptors (Lipinski definition) is 4. The monoisotopic (exact) mass is 348 g/mol. The summed E-state index contributed by atoms with van der Waals surface area (Å²) in [4.78, 5) is 22.3. The van der Waals surface area contributed by atoms with E-state index >= 15 is 0 Å². The minimum atomic E-state index is -4.07. The summed E-state index contributed by atoms with van der Waals surface area (Å²) in [5, 5.41) is 8.96. The lowest BCUT2D eigenvalue weighted by Crippen LogP contribution is -2.19. The zero-order chi connectivity index (χ0) is 17.9. The van der Waals surface area contributed by atoms with Gasteiger partial charge in [-0.25, -0.2) is 13.2 Å². The minimum Gasteiger partial charge on any atom is -0.478 e. The van der Waals surface area contributed by atoms with Gasteiger partial charge < -0.3 is 10.8 Å². The highest BCUT2D eigenvalue weighted by molar-refractivity contribution is 7.92. The number of amides is 1. The largest absolute Gasteiger partial charge is 0.478 e. The summed E-state index contributed by atoms with van der Waals surface area (Å²) in [5.74, 6) is -2.00. The van der Waals surface area contributed by atoms with Crippen molar-refractivity contribution in [3.8, 4) is 0 Å². The molecule has 0 saturated heterocycles. The molecule has 126 valence electrons. The SMILES string of the molecule is CCc1ccc(NS(=O)(=O)c2cccc(C(=O)O)c2)c(C(N)=O)c1. The Bertz CT molecular complexity index is 906. The summed E-state index contributed by atoms with van der Waals surface area (Å²) >= 11 is 0. The van der Waals surface area contributed by atoms with Crippen LogP contribution in [0.3, 0.4) is 0 Å². The predicted molar refractivity (Wildman–Crippen MR) is 88.5 cm³/mol. The number of sulfonamides is 1. The number of aromatic carboxylic acids is 1. The molecule has 0 aliphatic heterocycles. The van der Waals surface area contributed by atoms with Crippen molar-refractivity contribution in [3.63, 3.8) is 0 Å². The molecule has 0 aliphatic carbocycles. The van der Waals surface area contributed by atoms with E-state index in [1.165, 1.54) is 30.3 Å². The Labute approximate surface area is 139 Å². The van der Waals surface area contributed by atoms with Gasteiger partial charge in [0.15, 0.2) is 0 Å². The van der Waals surface area contributed by atoms with Gasteiger partial charge in [0.1, 0.15) is 0 Å². The van der Waals surface area contributed by atoms with Crippen LogP contribution in [0.5, 0.6) is 0 Å². The van der Waals surface area contributed by atoms with E-state index in [4.69, 9.17) is 10.8 Å². The first-order chi connectivity index (χ1) is 11.2. The van der Waals surface area contributed by atoms with Gasteiger partial charge in [0.2, 0.25) is 0 Å². The van der Waals surface area contributed by atoms with Crippen LogP contribution >= 0.6 is 0 Å². The molecule has 0 fully saturated rings. The van der Waals surface area contributed by atoms with E-state index in [0.29, 0.717) is 6.42 Å². The van der Waals surface area contributed by atoms with Crippen LogP contribution < -0.4 is 10.5 Å². The summed E-state index contributed by atoms with van der Waals surface area (Å²) in [6.07, 6.45) is 0.661. The molecule has 2 aromatic rings. The molecule has 8 heteroatoms. The van der Waals surface area contributed by atoms with Crippen LogP contribution in [0.25, 0.3) is 0 Å². The van der Waals surface area contributed by atoms with Crippen molar-refractivity contribution >= 4 is 27.6 Å². The van der Waals surface area contributed by atoms with E-state index < -0.39 is 21.9 Å². The average molecular weight is 348 g/mol. The molecule has 0 bridgehead atoms. The van der Waals surface area contributed by atoms with E-state index in [0.717, 1.165) is 11.6 Å². The Morgan fingerprint density at radius 3 is 2.46 bits per heavy atom. The third-order valence-electron chi connectivity index (χ3n) is 3.39. The van der Waals surface area contributed by atoms with Gasteiger partial charge in [-0.3, -0.25) is 9.52 Å². The van der Waals surface area contributed by atoms with Crippen molar-refractivity contribution in [2.24, 2.45) is 5.73 Å². The smallest absolute Gasteiger partial charge is 0.335 e. The Balaban J connectivity index is 2.45. The van der Waals surface area contributed by atoms with Gasteiger partial charge in [-0.2, -0.15) is 0 Å². The van der Waals surface area contributed by atoms with Crippen molar-refractivity contribution in [2.75, 3.05) is 4.72 Å². The fourth-order valence-corrected chi connectivity index (χ4v) is 3.23. The molecule has 0 radical (unpaired) electrons. The first-order valence-electron chi connectivity index (χ1n) is 7.03. The van der Waals surface area contributed by atoms with Crippen LogP contribution in [-0.4, -0.2) is 25.4 Å². The summed E-state index contributed by atoms with van der Waals surface area (Å²) in [6, 6.07) is 9.57. The van der Waals surface area contributed by atoms with E-state index in [-0.39, 0.29) is 21.7 Å². The van der Waals surface area contributed by atoms with Gasteiger partial charge in [0.05, 0.1) is 21.7 Å². The molecule has 24 heavy (non-hydrogen) atoms. The lowest BCUT2D eigenvalue weighted by molar-refractivity contribution is 0.0696.